The number of nitrogens with zero attached hydrogens (tertiary/aromatic N) is 5. The first-order valence-corrected chi connectivity index (χ1v) is 12.2. The van der Waals surface area contributed by atoms with E-state index < -0.39 is 11.2 Å². The standard InChI is InChI=1S/C20H25ClN6O2S/c21-14-9-22-18(23-10-14)12-3-6-27(7-4-12)20-25-16-5-8-30(29)17(16)19(26-20)24-15-2-1-13(15)11-28/h9-10,12-13,15,28H,1-8,11H2,(H,24,25,26)/t13?,15?,30-/m1/s1. The highest BCUT2D eigenvalue weighted by molar-refractivity contribution is 7.91. The van der Waals surface area contributed by atoms with Crippen LogP contribution < -0.4 is 10.2 Å². The molecule has 2 N–H and O–H groups in total. The van der Waals surface area contributed by atoms with Gasteiger partial charge < -0.3 is 19.9 Å². The summed E-state index contributed by atoms with van der Waals surface area (Å²) in [5, 5.41) is 13.5. The molecule has 8 nitrogen and oxygen atoms in total. The van der Waals surface area contributed by atoms with Crippen molar-refractivity contribution in [3.63, 3.8) is 0 Å². The number of aliphatic hydroxyl groups excluding tert-OH is 1. The predicted octanol–water partition coefficient (Wildman–Crippen LogP) is 2.15. The molecule has 160 valence electrons. The van der Waals surface area contributed by atoms with Crippen LogP contribution in [0.4, 0.5) is 11.8 Å². The monoisotopic (exact) mass is 448 g/mol. The topological polar surface area (TPSA) is 110 Å². The maximum atomic E-state index is 12.5. The number of aromatic nitrogens is 4. The van der Waals surface area contributed by atoms with Gasteiger partial charge in [0.15, 0.2) is 5.82 Å². The van der Waals surface area contributed by atoms with E-state index in [1.54, 1.807) is 12.4 Å². The third-order valence-electron chi connectivity index (χ3n) is 6.43. The van der Waals surface area contributed by atoms with E-state index in [-0.39, 0.29) is 18.6 Å². The van der Waals surface area contributed by atoms with Crippen LogP contribution in [0, 0.1) is 5.92 Å². The van der Waals surface area contributed by atoms with Crippen LogP contribution in [0.5, 0.6) is 0 Å². The number of halogens is 1. The molecule has 10 heteroatoms. The second-order valence-corrected chi connectivity index (χ2v) is 10.2. The summed E-state index contributed by atoms with van der Waals surface area (Å²) in [4.78, 5) is 21.3. The molecule has 2 unspecified atom stereocenters. The van der Waals surface area contributed by atoms with Gasteiger partial charge in [0.2, 0.25) is 10.8 Å². The zero-order chi connectivity index (χ0) is 20.7. The van der Waals surface area contributed by atoms with E-state index in [2.05, 4.69) is 20.2 Å². The van der Waals surface area contributed by atoms with E-state index in [9.17, 15) is 9.66 Å². The van der Waals surface area contributed by atoms with Crippen LogP contribution in [0.3, 0.4) is 0 Å². The number of nitrogens with one attached hydrogen (secondary N) is 1. The fourth-order valence-corrected chi connectivity index (χ4v) is 5.86. The summed E-state index contributed by atoms with van der Waals surface area (Å²) in [7, 11) is 0. The Labute approximate surface area is 183 Å². The second kappa shape index (κ2) is 8.45. The van der Waals surface area contributed by atoms with Gasteiger partial charge in [-0.05, 0) is 36.9 Å². The number of anilines is 2. The molecular weight excluding hydrogens is 424 g/mol. The van der Waals surface area contributed by atoms with E-state index in [0.717, 1.165) is 61.6 Å². The van der Waals surface area contributed by atoms with Crippen LogP contribution in [0.15, 0.2) is 17.3 Å². The van der Waals surface area contributed by atoms with Crippen LogP contribution in [0.1, 0.15) is 43.1 Å². The van der Waals surface area contributed by atoms with Gasteiger partial charge in [-0.2, -0.15) is 4.98 Å². The molecule has 30 heavy (non-hydrogen) atoms. The van der Waals surface area contributed by atoms with Crippen molar-refractivity contribution in [1.29, 1.82) is 0 Å². The molecule has 1 saturated carbocycles. The first-order chi connectivity index (χ1) is 14.6. The third kappa shape index (κ3) is 3.84. The number of rotatable bonds is 5. The largest absolute Gasteiger partial charge is 0.611 e. The summed E-state index contributed by atoms with van der Waals surface area (Å²) in [6.45, 7) is 1.81. The lowest BCUT2D eigenvalue weighted by molar-refractivity contribution is 0.147. The zero-order valence-corrected chi connectivity index (χ0v) is 18.2. The van der Waals surface area contributed by atoms with Gasteiger partial charge in [0, 0.05) is 56.4 Å². The fourth-order valence-electron chi connectivity index (χ4n) is 4.45. The van der Waals surface area contributed by atoms with Gasteiger partial charge >= 0.3 is 0 Å². The minimum atomic E-state index is -1.06. The molecule has 2 aromatic heterocycles. The molecule has 1 saturated heterocycles. The fraction of sp³-hybridized carbons (Fsp3) is 0.600. The maximum Gasteiger partial charge on any atom is 0.227 e. The molecule has 0 amide bonds. The predicted molar refractivity (Wildman–Crippen MR) is 115 cm³/mol. The molecule has 0 spiro atoms. The average molecular weight is 449 g/mol. The molecule has 3 atom stereocenters. The van der Waals surface area contributed by atoms with Crippen LogP contribution >= 0.6 is 11.6 Å². The molecular formula is C20H25ClN6O2S. The van der Waals surface area contributed by atoms with Crippen LogP contribution in [-0.4, -0.2) is 61.1 Å². The van der Waals surface area contributed by atoms with E-state index in [1.807, 2.05) is 0 Å². The first kappa shape index (κ1) is 20.2. The van der Waals surface area contributed by atoms with E-state index in [1.165, 1.54) is 0 Å². The van der Waals surface area contributed by atoms with Crippen LogP contribution in [0.2, 0.25) is 5.02 Å². The lowest BCUT2D eigenvalue weighted by atomic mass is 9.80. The lowest BCUT2D eigenvalue weighted by Crippen LogP contribution is -2.41. The minimum absolute atomic E-state index is 0.168. The zero-order valence-electron chi connectivity index (χ0n) is 16.6. The van der Waals surface area contributed by atoms with Crippen molar-refractivity contribution in [3.05, 3.63) is 28.9 Å². The highest BCUT2D eigenvalue weighted by atomic mass is 35.5. The van der Waals surface area contributed by atoms with E-state index in [4.69, 9.17) is 21.6 Å². The SMILES string of the molecule is [O-][S@+]1CCc2nc(N3CCC(c4ncc(Cl)cn4)CC3)nc(NC3CCC3CO)c21. The van der Waals surface area contributed by atoms with Gasteiger partial charge in [0.25, 0.3) is 0 Å². The first-order valence-electron chi connectivity index (χ1n) is 10.5. The number of piperidine rings is 1. The van der Waals surface area contributed by atoms with Gasteiger partial charge in [-0.25, -0.2) is 15.0 Å². The van der Waals surface area contributed by atoms with Gasteiger partial charge in [-0.3, -0.25) is 0 Å². The van der Waals surface area contributed by atoms with E-state index in [0.29, 0.717) is 28.5 Å². The Balaban J connectivity index is 1.33. The molecule has 2 aromatic rings. The minimum Gasteiger partial charge on any atom is -0.611 e. The van der Waals surface area contributed by atoms with Gasteiger partial charge in [-0.1, -0.05) is 11.6 Å². The van der Waals surface area contributed by atoms with Crippen molar-refractivity contribution < 1.29 is 9.66 Å². The van der Waals surface area contributed by atoms with Crippen molar-refractivity contribution in [2.75, 3.05) is 35.7 Å². The molecule has 0 bridgehead atoms. The molecule has 3 aliphatic rings. The Hall–Kier alpha value is -1.68. The van der Waals surface area contributed by atoms with Gasteiger partial charge in [0.05, 0.1) is 5.02 Å². The van der Waals surface area contributed by atoms with Crippen molar-refractivity contribution in [2.45, 2.75) is 49.0 Å². The summed E-state index contributed by atoms with van der Waals surface area (Å²) in [5.74, 6) is 3.38. The smallest absolute Gasteiger partial charge is 0.227 e. The summed E-state index contributed by atoms with van der Waals surface area (Å²) in [5.41, 5.74) is 0.892. The maximum absolute atomic E-state index is 12.5. The van der Waals surface area contributed by atoms with Gasteiger partial charge in [-0.15, -0.1) is 0 Å². The molecule has 2 aliphatic heterocycles. The van der Waals surface area contributed by atoms with Crippen molar-refractivity contribution in [1.82, 2.24) is 19.9 Å². The van der Waals surface area contributed by atoms with Crippen molar-refractivity contribution >= 4 is 34.5 Å². The van der Waals surface area contributed by atoms with Crippen LogP contribution in [-0.2, 0) is 17.6 Å². The van der Waals surface area contributed by atoms with E-state index >= 15 is 0 Å². The Bertz CT molecular complexity index is 907. The second-order valence-electron chi connectivity index (χ2n) is 8.24. The number of aryl methyl sites for hydroxylation is 1. The average Bonchev–Trinajstić information content (AvgIpc) is 3.13. The van der Waals surface area contributed by atoms with Crippen molar-refractivity contribution in [2.24, 2.45) is 5.92 Å². The summed E-state index contributed by atoms with van der Waals surface area (Å²) >= 11 is 4.84. The molecule has 0 radical (unpaired) electrons. The summed E-state index contributed by atoms with van der Waals surface area (Å²) in [6, 6.07) is 0.187. The molecule has 0 aromatic carbocycles. The Morgan fingerprint density at radius 3 is 2.60 bits per heavy atom. The Morgan fingerprint density at radius 1 is 1.17 bits per heavy atom. The van der Waals surface area contributed by atoms with Gasteiger partial charge in [0.1, 0.15) is 17.3 Å². The Kier molecular flexibility index (Phi) is 5.70. The summed E-state index contributed by atoms with van der Waals surface area (Å²) in [6.07, 6.45) is 7.87. The lowest BCUT2D eigenvalue weighted by Gasteiger charge is -2.36. The Morgan fingerprint density at radius 2 is 1.93 bits per heavy atom. The number of hydrogen-bond donors (Lipinski definition) is 2. The molecule has 5 rings (SSSR count). The highest BCUT2D eigenvalue weighted by Crippen LogP contribution is 2.37. The molecule has 4 heterocycles. The number of hydrogen-bond acceptors (Lipinski definition) is 8. The quantitative estimate of drug-likeness (QED) is 0.669. The number of fused-ring (bicyclic) bond motifs is 1. The highest BCUT2D eigenvalue weighted by Gasteiger charge is 2.37. The number of aliphatic hydroxyl groups is 1. The normalized spacial score (nSPS) is 26.4. The molecule has 2 fully saturated rings. The van der Waals surface area contributed by atoms with Crippen LogP contribution in [0.25, 0.3) is 0 Å². The molecule has 1 aliphatic carbocycles. The third-order valence-corrected chi connectivity index (χ3v) is 8.09. The summed E-state index contributed by atoms with van der Waals surface area (Å²) < 4.78 is 12.5. The van der Waals surface area contributed by atoms with Crippen molar-refractivity contribution in [3.8, 4) is 0 Å².